The second kappa shape index (κ2) is 3.76. The van der Waals surface area contributed by atoms with Crippen molar-refractivity contribution in [3.05, 3.63) is 0 Å². The maximum atomic E-state index is 8.98. The Morgan fingerprint density at radius 1 is 1.43 bits per heavy atom. The van der Waals surface area contributed by atoms with Crippen LogP contribution in [0.2, 0.25) is 0 Å². The van der Waals surface area contributed by atoms with E-state index in [0.717, 1.165) is 18.1 Å². The van der Waals surface area contributed by atoms with Crippen molar-refractivity contribution in [3.63, 3.8) is 0 Å². The molecule has 0 spiro atoms. The Morgan fingerprint density at radius 3 is 2.43 bits per heavy atom. The second-order valence-corrected chi connectivity index (χ2v) is 6.17. The number of rotatable bonds is 5. The molecule has 0 radical (unpaired) electrons. The minimum absolute atomic E-state index is 0.324. The molecule has 1 N–H and O–H groups in total. The third-order valence-corrected chi connectivity index (χ3v) is 5.03. The van der Waals surface area contributed by atoms with Gasteiger partial charge in [0.1, 0.15) is 0 Å². The summed E-state index contributed by atoms with van der Waals surface area (Å²) in [7, 11) is 0. The lowest BCUT2D eigenvalue weighted by Crippen LogP contribution is -2.27. The Bertz CT molecular complexity index is 246. The maximum Gasteiger partial charge on any atom is 0.0615 e. The van der Waals surface area contributed by atoms with Crippen LogP contribution in [0.5, 0.6) is 0 Å². The molecule has 1 atom stereocenters. The molecule has 80 valence electrons. The van der Waals surface area contributed by atoms with E-state index in [1.165, 1.54) is 25.7 Å². The van der Waals surface area contributed by atoms with Crippen molar-refractivity contribution in [2.75, 3.05) is 6.26 Å². The molecular formula is C11H19NOS. The smallest absolute Gasteiger partial charge is 0.0615 e. The van der Waals surface area contributed by atoms with Gasteiger partial charge in [-0.2, -0.15) is 11.8 Å². The van der Waals surface area contributed by atoms with Crippen molar-refractivity contribution in [1.82, 2.24) is 0 Å². The third-order valence-electron chi connectivity index (χ3n) is 3.62. The molecule has 0 heterocycles. The van der Waals surface area contributed by atoms with Crippen LogP contribution < -0.4 is 0 Å². The van der Waals surface area contributed by atoms with E-state index in [-0.39, 0.29) is 0 Å². The average Bonchev–Trinajstić information content (AvgIpc) is 3.05. The zero-order valence-corrected chi connectivity index (χ0v) is 9.81. The molecule has 0 aromatic rings. The molecule has 0 saturated heterocycles. The van der Waals surface area contributed by atoms with Gasteiger partial charge in [0.05, 0.1) is 5.71 Å². The molecule has 2 rings (SSSR count). The van der Waals surface area contributed by atoms with Crippen molar-refractivity contribution in [2.45, 2.75) is 43.8 Å². The van der Waals surface area contributed by atoms with E-state index in [4.69, 9.17) is 5.21 Å². The molecule has 0 aromatic heterocycles. The number of oxime groups is 1. The molecular weight excluding hydrogens is 194 g/mol. The van der Waals surface area contributed by atoms with Crippen molar-refractivity contribution in [1.29, 1.82) is 0 Å². The quantitative estimate of drug-likeness (QED) is 0.432. The second-order valence-electron chi connectivity index (χ2n) is 4.83. The van der Waals surface area contributed by atoms with Gasteiger partial charge < -0.3 is 5.21 Å². The highest BCUT2D eigenvalue weighted by molar-refractivity contribution is 8.00. The highest BCUT2D eigenvalue weighted by atomic mass is 32.2. The van der Waals surface area contributed by atoms with Gasteiger partial charge >= 0.3 is 0 Å². The van der Waals surface area contributed by atoms with Crippen LogP contribution in [-0.4, -0.2) is 21.9 Å². The summed E-state index contributed by atoms with van der Waals surface area (Å²) in [6.07, 6.45) is 8.35. The molecule has 14 heavy (non-hydrogen) atoms. The summed E-state index contributed by atoms with van der Waals surface area (Å²) in [5, 5.41) is 12.5. The molecule has 0 bridgehead atoms. The largest absolute Gasteiger partial charge is 0.411 e. The number of hydrogen-bond acceptors (Lipinski definition) is 3. The predicted molar refractivity (Wildman–Crippen MR) is 61.2 cm³/mol. The molecule has 3 heteroatoms. The zero-order valence-electron chi connectivity index (χ0n) is 8.99. The fraction of sp³-hybridized carbons (Fsp3) is 0.909. The van der Waals surface area contributed by atoms with E-state index in [1.807, 2.05) is 11.8 Å². The van der Waals surface area contributed by atoms with E-state index in [2.05, 4.69) is 18.3 Å². The molecule has 0 amide bonds. The highest BCUT2D eigenvalue weighted by Gasteiger charge is 2.43. The van der Waals surface area contributed by atoms with Gasteiger partial charge in [-0.3, -0.25) is 0 Å². The summed E-state index contributed by atoms with van der Waals surface area (Å²) in [6, 6.07) is 0. The van der Waals surface area contributed by atoms with Crippen LogP contribution in [0.3, 0.4) is 0 Å². The fourth-order valence-corrected chi connectivity index (χ4v) is 2.98. The number of nitrogens with zero attached hydrogens (tertiary/aromatic N) is 1. The Morgan fingerprint density at radius 2 is 2.07 bits per heavy atom. The molecule has 2 saturated carbocycles. The average molecular weight is 213 g/mol. The standard InChI is InChI=1S/C11H19NOS/c1-11(14-2,9-5-6-9)7-10(12-13)8-3-4-8/h8-9,13H,3-7H2,1-2H3/b12-10+/t11-/m0/s1. The Labute approximate surface area is 90.1 Å². The number of hydrogen-bond donors (Lipinski definition) is 1. The van der Waals surface area contributed by atoms with Gasteiger partial charge in [-0.1, -0.05) is 5.16 Å². The third kappa shape index (κ3) is 2.08. The summed E-state index contributed by atoms with van der Waals surface area (Å²) in [6.45, 7) is 2.32. The van der Waals surface area contributed by atoms with Crippen LogP contribution in [0.4, 0.5) is 0 Å². The Balaban J connectivity index is 1.98. The van der Waals surface area contributed by atoms with Crippen LogP contribution in [0.15, 0.2) is 5.16 Å². The molecule has 2 nitrogen and oxygen atoms in total. The van der Waals surface area contributed by atoms with Crippen molar-refractivity contribution in [2.24, 2.45) is 17.0 Å². The van der Waals surface area contributed by atoms with E-state index >= 15 is 0 Å². The SMILES string of the molecule is CS[C@@](C)(C/C(=N\O)C1CC1)C1CC1. The molecule has 2 aliphatic carbocycles. The molecule has 2 fully saturated rings. The topological polar surface area (TPSA) is 32.6 Å². The van der Waals surface area contributed by atoms with E-state index in [1.54, 1.807) is 0 Å². The molecule has 0 unspecified atom stereocenters. The first-order valence-electron chi connectivity index (χ1n) is 5.45. The summed E-state index contributed by atoms with van der Waals surface area (Å²) >= 11 is 1.94. The number of thioether (sulfide) groups is 1. The van der Waals surface area contributed by atoms with Crippen LogP contribution in [0.25, 0.3) is 0 Å². The summed E-state index contributed by atoms with van der Waals surface area (Å²) < 4.78 is 0.324. The van der Waals surface area contributed by atoms with Gasteiger partial charge in [0.15, 0.2) is 0 Å². The lowest BCUT2D eigenvalue weighted by Gasteiger charge is -2.27. The van der Waals surface area contributed by atoms with Crippen LogP contribution in [0.1, 0.15) is 39.0 Å². The molecule has 2 aliphatic rings. The molecule has 0 aliphatic heterocycles. The first-order valence-corrected chi connectivity index (χ1v) is 6.68. The van der Waals surface area contributed by atoms with Crippen molar-refractivity contribution < 1.29 is 5.21 Å². The van der Waals surface area contributed by atoms with E-state index in [0.29, 0.717) is 10.7 Å². The van der Waals surface area contributed by atoms with Crippen molar-refractivity contribution >= 4 is 17.5 Å². The van der Waals surface area contributed by atoms with Gasteiger partial charge in [-0.15, -0.1) is 0 Å². The minimum atomic E-state index is 0.324. The Kier molecular flexibility index (Phi) is 2.78. The van der Waals surface area contributed by atoms with Gasteiger partial charge in [0.2, 0.25) is 0 Å². The van der Waals surface area contributed by atoms with Gasteiger partial charge in [-0.05, 0) is 44.8 Å². The predicted octanol–water partition coefficient (Wildman–Crippen LogP) is 3.15. The van der Waals surface area contributed by atoms with E-state index in [9.17, 15) is 0 Å². The lowest BCUT2D eigenvalue weighted by atomic mass is 9.96. The highest BCUT2D eigenvalue weighted by Crippen LogP contribution is 2.50. The summed E-state index contributed by atoms with van der Waals surface area (Å²) in [5.41, 5.74) is 1.05. The minimum Gasteiger partial charge on any atom is -0.411 e. The fourth-order valence-electron chi connectivity index (χ4n) is 2.11. The van der Waals surface area contributed by atoms with Gasteiger partial charge in [0.25, 0.3) is 0 Å². The maximum absolute atomic E-state index is 8.98. The first kappa shape index (κ1) is 10.3. The van der Waals surface area contributed by atoms with Crippen molar-refractivity contribution in [3.8, 4) is 0 Å². The van der Waals surface area contributed by atoms with Crippen LogP contribution in [0, 0.1) is 11.8 Å². The van der Waals surface area contributed by atoms with Crippen LogP contribution >= 0.6 is 11.8 Å². The van der Waals surface area contributed by atoms with Gasteiger partial charge in [-0.25, -0.2) is 0 Å². The summed E-state index contributed by atoms with van der Waals surface area (Å²) in [4.78, 5) is 0. The normalized spacial score (nSPS) is 27.4. The monoisotopic (exact) mass is 213 g/mol. The lowest BCUT2D eigenvalue weighted by molar-refractivity contribution is 0.314. The zero-order chi connectivity index (χ0) is 10.2. The first-order chi connectivity index (χ1) is 6.69. The van der Waals surface area contributed by atoms with E-state index < -0.39 is 0 Å². The summed E-state index contributed by atoms with van der Waals surface area (Å²) in [5.74, 6) is 1.46. The van der Waals surface area contributed by atoms with Crippen LogP contribution in [-0.2, 0) is 0 Å². The molecule has 0 aromatic carbocycles. The van der Waals surface area contributed by atoms with Gasteiger partial charge in [0, 0.05) is 17.1 Å². The Hall–Kier alpha value is -0.180.